The van der Waals surface area contributed by atoms with Crippen molar-refractivity contribution < 1.29 is 26.7 Å². The van der Waals surface area contributed by atoms with Crippen LogP contribution >= 0.6 is 0 Å². The van der Waals surface area contributed by atoms with E-state index in [0.717, 1.165) is 11.6 Å². The third kappa shape index (κ3) is 4.76. The van der Waals surface area contributed by atoms with Gasteiger partial charge in [0.25, 0.3) is 0 Å². The molecule has 3 aromatic rings. The molecule has 0 aliphatic rings. The first-order valence-electron chi connectivity index (χ1n) is 8.20. The van der Waals surface area contributed by atoms with E-state index >= 15 is 0 Å². The van der Waals surface area contributed by atoms with Gasteiger partial charge >= 0.3 is 6.18 Å². The van der Waals surface area contributed by atoms with Crippen LogP contribution in [-0.4, -0.2) is 15.8 Å². The maximum absolute atomic E-state index is 13.5. The van der Waals surface area contributed by atoms with Crippen molar-refractivity contribution >= 4 is 5.78 Å². The summed E-state index contributed by atoms with van der Waals surface area (Å²) in [5.41, 5.74) is -0.850. The minimum absolute atomic E-state index is 0.0516. The monoisotopic (exact) mass is 392 g/mol. The Morgan fingerprint density at radius 1 is 0.821 bits per heavy atom. The Hall–Kier alpha value is -3.16. The lowest BCUT2D eigenvalue weighted by atomic mass is 10.0. The first-order valence-corrected chi connectivity index (χ1v) is 8.20. The molecule has 144 valence electrons. The molecule has 0 N–H and O–H groups in total. The number of carbonyl (C=O) groups is 1. The number of benzene rings is 2. The maximum atomic E-state index is 13.5. The molecule has 0 atom stereocenters. The number of alkyl halides is 3. The summed E-state index contributed by atoms with van der Waals surface area (Å²) in [5.74, 6) is -1.89. The van der Waals surface area contributed by atoms with Crippen molar-refractivity contribution in [3.63, 3.8) is 0 Å². The van der Waals surface area contributed by atoms with Crippen molar-refractivity contribution in [2.45, 2.75) is 19.0 Å². The van der Waals surface area contributed by atoms with Gasteiger partial charge < -0.3 is 0 Å². The van der Waals surface area contributed by atoms with E-state index in [1.807, 2.05) is 0 Å². The first-order chi connectivity index (χ1) is 13.2. The molecule has 2 aromatic carbocycles. The zero-order valence-corrected chi connectivity index (χ0v) is 14.3. The fourth-order valence-corrected chi connectivity index (χ4v) is 2.56. The Morgan fingerprint density at radius 2 is 1.46 bits per heavy atom. The van der Waals surface area contributed by atoms with Crippen molar-refractivity contribution in [3.8, 4) is 0 Å². The second kappa shape index (κ2) is 7.84. The Labute approximate surface area is 156 Å². The summed E-state index contributed by atoms with van der Waals surface area (Å²) in [4.78, 5) is 20.4. The van der Waals surface area contributed by atoms with Gasteiger partial charge in [-0.1, -0.05) is 12.1 Å². The molecule has 0 aliphatic heterocycles. The highest BCUT2D eigenvalue weighted by Crippen LogP contribution is 2.30. The van der Waals surface area contributed by atoms with Gasteiger partial charge in [-0.2, -0.15) is 13.2 Å². The molecule has 0 saturated carbocycles. The van der Waals surface area contributed by atoms with Crippen molar-refractivity contribution in [2.24, 2.45) is 0 Å². The third-order valence-electron chi connectivity index (χ3n) is 4.01. The van der Waals surface area contributed by atoms with Gasteiger partial charge in [0.1, 0.15) is 17.5 Å². The normalized spacial score (nSPS) is 11.5. The van der Waals surface area contributed by atoms with Crippen molar-refractivity contribution in [1.82, 2.24) is 9.97 Å². The van der Waals surface area contributed by atoms with Crippen LogP contribution in [0.4, 0.5) is 22.0 Å². The second-order valence-electron chi connectivity index (χ2n) is 6.07. The summed E-state index contributed by atoms with van der Waals surface area (Å²) in [6.45, 7) is 0. The van der Waals surface area contributed by atoms with Crippen molar-refractivity contribution in [2.75, 3.05) is 0 Å². The predicted molar refractivity (Wildman–Crippen MR) is 90.7 cm³/mol. The van der Waals surface area contributed by atoms with Gasteiger partial charge in [-0.25, -0.2) is 18.7 Å². The van der Waals surface area contributed by atoms with Crippen LogP contribution in [-0.2, 0) is 19.0 Å². The highest BCUT2D eigenvalue weighted by Gasteiger charge is 2.32. The van der Waals surface area contributed by atoms with Gasteiger partial charge in [0, 0.05) is 24.4 Å². The summed E-state index contributed by atoms with van der Waals surface area (Å²) in [5, 5.41) is 0. The van der Waals surface area contributed by atoms with Crippen LogP contribution in [0.5, 0.6) is 0 Å². The molecule has 0 unspecified atom stereocenters. The maximum Gasteiger partial charge on any atom is 0.416 e. The number of aromatic nitrogens is 2. The van der Waals surface area contributed by atoms with Crippen molar-refractivity contribution in [3.05, 3.63) is 94.6 Å². The van der Waals surface area contributed by atoms with Crippen LogP contribution in [0.2, 0.25) is 0 Å². The first kappa shape index (κ1) is 19.6. The van der Waals surface area contributed by atoms with Gasteiger partial charge in [-0.3, -0.25) is 4.79 Å². The zero-order chi connectivity index (χ0) is 20.3. The summed E-state index contributed by atoms with van der Waals surface area (Å²) in [6.07, 6.45) is -1.41. The number of carbonyl (C=O) groups excluding carboxylic acids is 1. The largest absolute Gasteiger partial charge is 0.416 e. The summed E-state index contributed by atoms with van der Waals surface area (Å²) < 4.78 is 64.7. The summed E-state index contributed by atoms with van der Waals surface area (Å²) in [7, 11) is 0. The predicted octanol–water partition coefficient (Wildman–Crippen LogP) is 4.79. The molecule has 1 heterocycles. The Kier molecular flexibility index (Phi) is 5.48. The third-order valence-corrected chi connectivity index (χ3v) is 4.01. The van der Waals surface area contributed by atoms with Crippen LogP contribution in [0.25, 0.3) is 0 Å². The molecule has 0 saturated heterocycles. The summed E-state index contributed by atoms with van der Waals surface area (Å²) >= 11 is 0. The van der Waals surface area contributed by atoms with E-state index < -0.39 is 28.9 Å². The lowest BCUT2D eigenvalue weighted by Gasteiger charge is -2.09. The van der Waals surface area contributed by atoms with Crippen molar-refractivity contribution in [1.29, 1.82) is 0 Å². The lowest BCUT2D eigenvalue weighted by molar-refractivity contribution is -0.137. The SMILES string of the molecule is O=C(c1cnc(CCc2ccc(F)cc2)nc1)c1cc(F)cc(C(F)(F)F)c1. The van der Waals surface area contributed by atoms with E-state index in [-0.39, 0.29) is 11.4 Å². The molecule has 0 spiro atoms. The Morgan fingerprint density at radius 3 is 2.07 bits per heavy atom. The van der Waals surface area contributed by atoms with Crippen LogP contribution in [0.1, 0.15) is 32.9 Å². The molecule has 28 heavy (non-hydrogen) atoms. The van der Waals surface area contributed by atoms with Gasteiger partial charge in [-0.05, 0) is 42.3 Å². The molecule has 0 aliphatic carbocycles. The quantitative estimate of drug-likeness (QED) is 0.463. The van der Waals surface area contributed by atoms with Crippen LogP contribution in [0, 0.1) is 11.6 Å². The van der Waals surface area contributed by atoms with Gasteiger partial charge in [-0.15, -0.1) is 0 Å². The molecule has 1 aromatic heterocycles. The molecular formula is C20H13F5N2O. The Bertz CT molecular complexity index is 983. The minimum atomic E-state index is -4.77. The molecule has 0 bridgehead atoms. The van der Waals surface area contributed by atoms with Crippen LogP contribution in [0.3, 0.4) is 0 Å². The molecule has 3 nitrogen and oxygen atoms in total. The second-order valence-corrected chi connectivity index (χ2v) is 6.07. The van der Waals surface area contributed by atoms with Gasteiger partial charge in [0.2, 0.25) is 0 Å². The molecular weight excluding hydrogens is 379 g/mol. The fraction of sp³-hybridized carbons (Fsp3) is 0.150. The minimum Gasteiger partial charge on any atom is -0.288 e. The standard InChI is InChI=1S/C20H13F5N2O/c21-16-4-1-12(2-5-16)3-6-18-26-10-14(11-27-18)19(28)13-7-15(20(23,24)25)9-17(22)8-13/h1-2,4-5,7-11H,3,6H2. The van der Waals surface area contributed by atoms with Gasteiger partial charge in [0.05, 0.1) is 11.1 Å². The van der Waals surface area contributed by atoms with E-state index in [2.05, 4.69) is 9.97 Å². The number of halogens is 5. The van der Waals surface area contributed by atoms with E-state index in [0.29, 0.717) is 30.8 Å². The zero-order valence-electron chi connectivity index (χ0n) is 14.3. The topological polar surface area (TPSA) is 42.9 Å². The van der Waals surface area contributed by atoms with Gasteiger partial charge in [0.15, 0.2) is 5.78 Å². The van der Waals surface area contributed by atoms with Crippen LogP contribution < -0.4 is 0 Å². The van der Waals surface area contributed by atoms with Crippen LogP contribution in [0.15, 0.2) is 54.9 Å². The number of hydrogen-bond donors (Lipinski definition) is 0. The average Bonchev–Trinajstić information content (AvgIpc) is 2.66. The number of rotatable bonds is 5. The highest BCUT2D eigenvalue weighted by molar-refractivity contribution is 6.08. The van der Waals surface area contributed by atoms with E-state index in [4.69, 9.17) is 0 Å². The molecule has 0 fully saturated rings. The number of hydrogen-bond acceptors (Lipinski definition) is 3. The van der Waals surface area contributed by atoms with E-state index in [1.54, 1.807) is 12.1 Å². The van der Waals surface area contributed by atoms with E-state index in [9.17, 15) is 26.7 Å². The smallest absolute Gasteiger partial charge is 0.288 e. The highest BCUT2D eigenvalue weighted by atomic mass is 19.4. The molecule has 0 radical (unpaired) electrons. The summed E-state index contributed by atoms with van der Waals surface area (Å²) in [6, 6.07) is 7.60. The fourth-order valence-electron chi connectivity index (χ4n) is 2.56. The number of nitrogens with zero attached hydrogens (tertiary/aromatic N) is 2. The lowest BCUT2D eigenvalue weighted by Crippen LogP contribution is -2.10. The van der Waals surface area contributed by atoms with E-state index in [1.165, 1.54) is 24.5 Å². The average molecular weight is 392 g/mol. The number of ketones is 1. The molecule has 3 rings (SSSR count). The molecule has 0 amide bonds. The molecule has 8 heteroatoms. The Balaban J connectivity index is 1.73. The number of aryl methyl sites for hydroxylation is 2.